The lowest BCUT2D eigenvalue weighted by atomic mass is 10.1. The van der Waals surface area contributed by atoms with Crippen LogP contribution in [0.5, 0.6) is 0 Å². The fourth-order valence-electron chi connectivity index (χ4n) is 2.40. The van der Waals surface area contributed by atoms with Gasteiger partial charge in [-0.25, -0.2) is 0 Å². The zero-order valence-corrected chi connectivity index (χ0v) is 13.2. The molecule has 0 aliphatic rings. The molecule has 1 amide bonds. The van der Waals surface area contributed by atoms with E-state index in [9.17, 15) is 14.9 Å². The second-order valence-electron chi connectivity index (χ2n) is 5.59. The monoisotopic (exact) mass is 325 g/mol. The maximum absolute atomic E-state index is 12.2. The Morgan fingerprint density at radius 2 is 1.88 bits per heavy atom. The summed E-state index contributed by atoms with van der Waals surface area (Å²) in [4.78, 5) is 22.3. The number of nitrogens with one attached hydrogen (secondary N) is 1. The third kappa shape index (κ3) is 3.10. The van der Waals surface area contributed by atoms with Crippen LogP contribution in [0.1, 0.15) is 16.8 Å². The number of aromatic nitrogens is 1. The highest BCUT2D eigenvalue weighted by molar-refractivity contribution is 5.94. The molecule has 7 nitrogen and oxygen atoms in total. The van der Waals surface area contributed by atoms with Crippen molar-refractivity contribution in [2.45, 2.75) is 20.3 Å². The van der Waals surface area contributed by atoms with Crippen LogP contribution in [0.25, 0.3) is 11.0 Å². The number of carbonyl (C=O) groups excluding carboxylic acids is 1. The summed E-state index contributed by atoms with van der Waals surface area (Å²) >= 11 is 0. The van der Waals surface area contributed by atoms with E-state index in [2.05, 4.69) is 10.5 Å². The normalized spacial score (nSPS) is 10.8. The van der Waals surface area contributed by atoms with E-state index in [0.717, 1.165) is 16.5 Å². The predicted molar refractivity (Wildman–Crippen MR) is 88.9 cm³/mol. The number of aryl methyl sites for hydroxylation is 2. The van der Waals surface area contributed by atoms with Crippen molar-refractivity contribution in [3.8, 4) is 0 Å². The van der Waals surface area contributed by atoms with E-state index < -0.39 is 4.92 Å². The number of anilines is 1. The number of amides is 1. The Morgan fingerprint density at radius 1 is 1.21 bits per heavy atom. The molecule has 0 fully saturated rings. The number of non-ortho nitro benzene ring substituents is 1. The molecule has 0 radical (unpaired) electrons. The number of nitrogens with zero attached hydrogens (tertiary/aromatic N) is 2. The van der Waals surface area contributed by atoms with Crippen LogP contribution in [0, 0.1) is 24.0 Å². The third-order valence-electron chi connectivity index (χ3n) is 3.85. The molecule has 0 aliphatic carbocycles. The molecule has 0 unspecified atom stereocenters. The van der Waals surface area contributed by atoms with Gasteiger partial charge in [0.05, 0.1) is 11.3 Å². The first-order valence-corrected chi connectivity index (χ1v) is 7.34. The topological polar surface area (TPSA) is 98.3 Å². The summed E-state index contributed by atoms with van der Waals surface area (Å²) < 4.78 is 5.27. The van der Waals surface area contributed by atoms with Crippen LogP contribution >= 0.6 is 0 Å². The molecule has 3 rings (SSSR count). The highest BCUT2D eigenvalue weighted by Gasteiger charge is 2.14. The van der Waals surface area contributed by atoms with E-state index in [4.69, 9.17) is 4.52 Å². The Bertz CT molecular complexity index is 929. The lowest BCUT2D eigenvalue weighted by molar-refractivity contribution is -0.384. The Kier molecular flexibility index (Phi) is 3.99. The summed E-state index contributed by atoms with van der Waals surface area (Å²) in [6.07, 6.45) is 0.0620. The van der Waals surface area contributed by atoms with Crippen LogP contribution in [0.15, 0.2) is 40.9 Å². The molecule has 24 heavy (non-hydrogen) atoms. The van der Waals surface area contributed by atoms with Gasteiger partial charge in [0.1, 0.15) is 5.69 Å². The van der Waals surface area contributed by atoms with Crippen molar-refractivity contribution in [3.63, 3.8) is 0 Å². The molecule has 122 valence electrons. The molecular formula is C17H15N3O4. The number of rotatable bonds is 4. The summed E-state index contributed by atoms with van der Waals surface area (Å²) in [5.41, 5.74) is 3.87. The van der Waals surface area contributed by atoms with Gasteiger partial charge in [0, 0.05) is 23.2 Å². The van der Waals surface area contributed by atoms with Gasteiger partial charge in [-0.05, 0) is 49.2 Å². The van der Waals surface area contributed by atoms with Gasteiger partial charge in [0.15, 0.2) is 5.58 Å². The Balaban J connectivity index is 1.75. The zero-order valence-electron chi connectivity index (χ0n) is 13.2. The number of fused-ring (bicyclic) bond motifs is 1. The summed E-state index contributed by atoms with van der Waals surface area (Å²) in [6, 6.07) is 9.51. The van der Waals surface area contributed by atoms with Gasteiger partial charge in [0.2, 0.25) is 5.91 Å². The Hall–Kier alpha value is -3.22. The van der Waals surface area contributed by atoms with Crippen molar-refractivity contribution < 1.29 is 14.2 Å². The van der Waals surface area contributed by atoms with Gasteiger partial charge in [-0.15, -0.1) is 0 Å². The van der Waals surface area contributed by atoms with E-state index in [0.29, 0.717) is 17.0 Å². The van der Waals surface area contributed by atoms with Crippen LogP contribution in [0.3, 0.4) is 0 Å². The lowest BCUT2D eigenvalue weighted by Gasteiger charge is -2.04. The molecule has 3 aromatic rings. The van der Waals surface area contributed by atoms with Crippen molar-refractivity contribution in [2.75, 3.05) is 5.32 Å². The first kappa shape index (κ1) is 15.7. The molecular weight excluding hydrogens is 310 g/mol. The van der Waals surface area contributed by atoms with Crippen LogP contribution in [0.2, 0.25) is 0 Å². The van der Waals surface area contributed by atoms with Crippen molar-refractivity contribution >= 4 is 28.3 Å². The minimum atomic E-state index is -0.489. The summed E-state index contributed by atoms with van der Waals surface area (Å²) in [6.45, 7) is 3.97. The predicted octanol–water partition coefficient (Wildman–Crippen LogP) is 3.53. The molecule has 0 atom stereocenters. The van der Waals surface area contributed by atoms with Crippen LogP contribution in [0.4, 0.5) is 11.4 Å². The second-order valence-corrected chi connectivity index (χ2v) is 5.59. The lowest BCUT2D eigenvalue weighted by Crippen LogP contribution is -2.14. The molecule has 2 aromatic carbocycles. The fraction of sp³-hybridized carbons (Fsp3) is 0.176. The molecule has 1 heterocycles. The van der Waals surface area contributed by atoms with Gasteiger partial charge < -0.3 is 9.84 Å². The number of benzene rings is 2. The highest BCUT2D eigenvalue weighted by atomic mass is 16.6. The molecule has 7 heteroatoms. The third-order valence-corrected chi connectivity index (χ3v) is 3.85. The molecule has 1 N–H and O–H groups in total. The highest BCUT2D eigenvalue weighted by Crippen LogP contribution is 2.23. The Morgan fingerprint density at radius 3 is 2.54 bits per heavy atom. The van der Waals surface area contributed by atoms with Gasteiger partial charge in [-0.2, -0.15) is 0 Å². The van der Waals surface area contributed by atoms with Crippen LogP contribution in [-0.4, -0.2) is 16.0 Å². The molecule has 0 saturated carbocycles. The van der Waals surface area contributed by atoms with E-state index in [1.807, 2.05) is 26.0 Å². The number of hydrogen-bond acceptors (Lipinski definition) is 5. The van der Waals surface area contributed by atoms with E-state index >= 15 is 0 Å². The molecule has 1 aromatic heterocycles. The average Bonchev–Trinajstić information content (AvgIpc) is 2.90. The van der Waals surface area contributed by atoms with Crippen molar-refractivity contribution in [1.29, 1.82) is 0 Å². The van der Waals surface area contributed by atoms with Crippen LogP contribution in [-0.2, 0) is 11.2 Å². The smallest absolute Gasteiger partial charge is 0.269 e. The average molecular weight is 325 g/mol. The molecule has 0 saturated heterocycles. The van der Waals surface area contributed by atoms with Crippen molar-refractivity contribution in [1.82, 2.24) is 5.16 Å². The Labute approximate surface area is 137 Å². The summed E-state index contributed by atoms with van der Waals surface area (Å²) in [5, 5.41) is 18.1. The first-order valence-electron chi connectivity index (χ1n) is 7.34. The van der Waals surface area contributed by atoms with E-state index in [1.165, 1.54) is 24.3 Å². The van der Waals surface area contributed by atoms with Gasteiger partial charge in [-0.3, -0.25) is 14.9 Å². The standard InChI is InChI=1S/C17H15N3O4/c1-10-7-14-15(19-24-16(14)8-11(10)2)9-17(21)18-12-3-5-13(6-4-12)20(22)23/h3-8H,9H2,1-2H3,(H,18,21). The van der Waals surface area contributed by atoms with E-state index in [1.54, 1.807) is 0 Å². The first-order chi connectivity index (χ1) is 11.4. The van der Waals surface area contributed by atoms with Gasteiger partial charge in [-0.1, -0.05) is 5.16 Å². The number of nitro benzene ring substituents is 1. The summed E-state index contributed by atoms with van der Waals surface area (Å²) in [5.74, 6) is -0.266. The maximum atomic E-state index is 12.2. The minimum absolute atomic E-state index is 0.0265. The number of nitro groups is 1. The minimum Gasteiger partial charge on any atom is -0.356 e. The number of hydrogen-bond donors (Lipinski definition) is 1. The SMILES string of the molecule is Cc1cc2onc(CC(=O)Nc3ccc([N+](=O)[O-])cc3)c2cc1C. The van der Waals surface area contributed by atoms with E-state index in [-0.39, 0.29) is 18.0 Å². The zero-order chi connectivity index (χ0) is 17.3. The second kappa shape index (κ2) is 6.11. The largest absolute Gasteiger partial charge is 0.356 e. The van der Waals surface area contributed by atoms with Crippen molar-refractivity contribution in [3.05, 3.63) is 63.3 Å². The molecule has 0 spiro atoms. The van der Waals surface area contributed by atoms with Gasteiger partial charge in [0.25, 0.3) is 5.69 Å². The molecule has 0 bridgehead atoms. The number of carbonyl (C=O) groups is 1. The quantitative estimate of drug-likeness (QED) is 0.584. The van der Waals surface area contributed by atoms with Gasteiger partial charge >= 0.3 is 0 Å². The van der Waals surface area contributed by atoms with Crippen molar-refractivity contribution in [2.24, 2.45) is 0 Å². The maximum Gasteiger partial charge on any atom is 0.269 e. The fourth-order valence-corrected chi connectivity index (χ4v) is 2.40. The summed E-state index contributed by atoms with van der Waals surface area (Å²) in [7, 11) is 0. The molecule has 0 aliphatic heterocycles. The van der Waals surface area contributed by atoms with Crippen LogP contribution < -0.4 is 5.32 Å².